The van der Waals surface area contributed by atoms with Crippen molar-refractivity contribution in [3.05, 3.63) is 47.1 Å². The van der Waals surface area contributed by atoms with Crippen LogP contribution in [0.15, 0.2) is 46.1 Å². The third kappa shape index (κ3) is 3.27. The standard InChI is InChI=1S/C17H18ClN3O3S2/c18-15-4-3-14-13(19-15)5-8-20(14)12-17(22)6-9-21(10-7-17)26(23,24)16-2-1-11-25-16/h1-5,8,11,22H,6-7,9-10,12H2. The zero-order chi connectivity index (χ0) is 18.4. The molecule has 0 radical (unpaired) electrons. The predicted molar refractivity (Wildman–Crippen MR) is 102 cm³/mol. The first-order valence-corrected chi connectivity index (χ1v) is 10.9. The Hall–Kier alpha value is -1.45. The fourth-order valence-corrected chi connectivity index (χ4v) is 6.08. The van der Waals surface area contributed by atoms with E-state index in [1.54, 1.807) is 23.6 Å². The van der Waals surface area contributed by atoms with Crippen molar-refractivity contribution >= 4 is 44.0 Å². The molecule has 0 unspecified atom stereocenters. The van der Waals surface area contributed by atoms with Gasteiger partial charge in [-0.25, -0.2) is 13.4 Å². The molecule has 4 rings (SSSR count). The van der Waals surface area contributed by atoms with Crippen LogP contribution in [0.25, 0.3) is 11.0 Å². The van der Waals surface area contributed by atoms with Crippen LogP contribution in [0.5, 0.6) is 0 Å². The van der Waals surface area contributed by atoms with Crippen LogP contribution in [0.1, 0.15) is 12.8 Å². The van der Waals surface area contributed by atoms with Crippen molar-refractivity contribution < 1.29 is 13.5 Å². The minimum atomic E-state index is -3.46. The van der Waals surface area contributed by atoms with Crippen molar-refractivity contribution in [2.24, 2.45) is 0 Å². The first-order chi connectivity index (χ1) is 12.4. The van der Waals surface area contributed by atoms with Gasteiger partial charge in [-0.1, -0.05) is 17.7 Å². The maximum absolute atomic E-state index is 12.6. The Morgan fingerprint density at radius 3 is 2.69 bits per heavy atom. The molecular weight excluding hydrogens is 394 g/mol. The van der Waals surface area contributed by atoms with Crippen LogP contribution in [-0.4, -0.2) is 46.1 Å². The number of fused-ring (bicyclic) bond motifs is 1. The number of pyridine rings is 1. The molecule has 1 aliphatic heterocycles. The molecule has 0 atom stereocenters. The number of aromatic nitrogens is 2. The smallest absolute Gasteiger partial charge is 0.252 e. The van der Waals surface area contributed by atoms with Crippen molar-refractivity contribution in [2.45, 2.75) is 29.2 Å². The fourth-order valence-electron chi connectivity index (χ4n) is 3.34. The van der Waals surface area contributed by atoms with Gasteiger partial charge in [-0.05, 0) is 42.5 Å². The van der Waals surface area contributed by atoms with Gasteiger partial charge in [0.05, 0.1) is 23.2 Å². The molecule has 3 aromatic heterocycles. The molecular formula is C17H18ClN3O3S2. The minimum Gasteiger partial charge on any atom is -0.388 e. The second-order valence-corrected chi connectivity index (χ2v) is 10.0. The lowest BCUT2D eigenvalue weighted by atomic mass is 9.92. The van der Waals surface area contributed by atoms with Crippen molar-refractivity contribution in [3.8, 4) is 0 Å². The highest BCUT2D eigenvalue weighted by molar-refractivity contribution is 7.91. The summed E-state index contributed by atoms with van der Waals surface area (Å²) < 4.78 is 29.0. The lowest BCUT2D eigenvalue weighted by Crippen LogP contribution is -2.48. The number of thiophene rings is 1. The molecule has 1 fully saturated rings. The summed E-state index contributed by atoms with van der Waals surface area (Å²) in [5.74, 6) is 0. The lowest BCUT2D eigenvalue weighted by Gasteiger charge is -2.37. The summed E-state index contributed by atoms with van der Waals surface area (Å²) in [6.07, 6.45) is 2.65. The largest absolute Gasteiger partial charge is 0.388 e. The van der Waals surface area contributed by atoms with E-state index in [-0.39, 0.29) is 0 Å². The lowest BCUT2D eigenvalue weighted by molar-refractivity contribution is -0.0184. The van der Waals surface area contributed by atoms with Gasteiger partial charge in [0.25, 0.3) is 10.0 Å². The van der Waals surface area contributed by atoms with Crippen molar-refractivity contribution in [2.75, 3.05) is 13.1 Å². The summed E-state index contributed by atoms with van der Waals surface area (Å²) in [5.41, 5.74) is 0.725. The molecule has 0 aromatic carbocycles. The van der Waals surface area contributed by atoms with E-state index < -0.39 is 15.6 Å². The molecule has 0 aliphatic carbocycles. The summed E-state index contributed by atoms with van der Waals surface area (Å²) in [4.78, 5) is 4.26. The van der Waals surface area contributed by atoms with Crippen molar-refractivity contribution in [3.63, 3.8) is 0 Å². The van der Waals surface area contributed by atoms with E-state index in [1.165, 1.54) is 15.6 Å². The zero-order valence-corrected chi connectivity index (χ0v) is 16.3. The molecule has 6 nitrogen and oxygen atoms in total. The molecule has 4 heterocycles. The van der Waals surface area contributed by atoms with Gasteiger partial charge in [0.2, 0.25) is 0 Å². The Kier molecular flexibility index (Phi) is 4.56. The molecule has 0 spiro atoms. The number of nitrogens with zero attached hydrogens (tertiary/aromatic N) is 3. The first kappa shape index (κ1) is 17.9. The molecule has 9 heteroatoms. The Balaban J connectivity index is 1.49. The maximum atomic E-state index is 12.6. The molecule has 1 saturated heterocycles. The highest BCUT2D eigenvalue weighted by Gasteiger charge is 2.37. The SMILES string of the molecule is O=S(=O)(c1cccs1)N1CCC(O)(Cn2ccc3nc(Cl)ccc32)CC1. The quantitative estimate of drug-likeness (QED) is 0.669. The number of aliphatic hydroxyl groups is 1. The van der Waals surface area contributed by atoms with Crippen molar-refractivity contribution in [1.82, 2.24) is 13.9 Å². The Bertz CT molecular complexity index is 1020. The van der Waals surface area contributed by atoms with Crippen LogP contribution >= 0.6 is 22.9 Å². The number of rotatable bonds is 4. The summed E-state index contributed by atoms with van der Waals surface area (Å²) in [5, 5.41) is 13.2. The number of sulfonamides is 1. The molecule has 26 heavy (non-hydrogen) atoms. The highest BCUT2D eigenvalue weighted by Crippen LogP contribution is 2.30. The number of hydrogen-bond donors (Lipinski definition) is 1. The molecule has 3 aromatic rings. The summed E-state index contributed by atoms with van der Waals surface area (Å²) in [6.45, 7) is 1.01. The summed E-state index contributed by atoms with van der Waals surface area (Å²) in [7, 11) is -3.46. The average molecular weight is 412 g/mol. The van der Waals surface area contributed by atoms with Crippen molar-refractivity contribution in [1.29, 1.82) is 0 Å². The van der Waals surface area contributed by atoms with E-state index in [0.29, 0.717) is 41.8 Å². The second kappa shape index (κ2) is 6.61. The van der Waals surface area contributed by atoms with Gasteiger partial charge >= 0.3 is 0 Å². The Labute approximate surface area is 160 Å². The number of hydrogen-bond acceptors (Lipinski definition) is 5. The van der Waals surface area contributed by atoms with Gasteiger partial charge < -0.3 is 9.67 Å². The van der Waals surface area contributed by atoms with E-state index in [4.69, 9.17) is 11.6 Å². The molecule has 138 valence electrons. The van der Waals surface area contributed by atoms with Crippen LogP contribution in [0.2, 0.25) is 5.15 Å². The van der Waals surface area contributed by atoms with E-state index in [1.807, 2.05) is 22.9 Å². The third-order valence-corrected chi connectivity index (χ3v) is 8.28. The Morgan fingerprint density at radius 1 is 1.23 bits per heavy atom. The van der Waals surface area contributed by atoms with Crippen LogP contribution in [0, 0.1) is 0 Å². The molecule has 0 bridgehead atoms. The van der Waals surface area contributed by atoms with E-state index >= 15 is 0 Å². The van der Waals surface area contributed by atoms with Gasteiger partial charge in [0, 0.05) is 19.3 Å². The maximum Gasteiger partial charge on any atom is 0.252 e. The molecule has 0 saturated carbocycles. The van der Waals surface area contributed by atoms with E-state index in [2.05, 4.69) is 4.98 Å². The molecule has 1 N–H and O–H groups in total. The summed E-state index contributed by atoms with van der Waals surface area (Å²) in [6, 6.07) is 8.81. The topological polar surface area (TPSA) is 75.4 Å². The van der Waals surface area contributed by atoms with Gasteiger partial charge in [-0.2, -0.15) is 4.31 Å². The third-order valence-electron chi connectivity index (χ3n) is 4.80. The normalized spacial score (nSPS) is 18.4. The number of piperidine rings is 1. The minimum absolute atomic E-state index is 0.306. The molecule has 0 amide bonds. The van der Waals surface area contributed by atoms with Crippen LogP contribution in [-0.2, 0) is 16.6 Å². The van der Waals surface area contributed by atoms with Crippen LogP contribution in [0.3, 0.4) is 0 Å². The van der Waals surface area contributed by atoms with E-state index in [0.717, 1.165) is 11.0 Å². The van der Waals surface area contributed by atoms with Gasteiger partial charge in [0.15, 0.2) is 0 Å². The summed E-state index contributed by atoms with van der Waals surface area (Å²) >= 11 is 7.13. The van der Waals surface area contributed by atoms with E-state index in [9.17, 15) is 13.5 Å². The monoisotopic (exact) mass is 411 g/mol. The average Bonchev–Trinajstić information content (AvgIpc) is 3.26. The predicted octanol–water partition coefficient (Wildman–Crippen LogP) is 2.97. The van der Waals surface area contributed by atoms with Crippen LogP contribution < -0.4 is 0 Å². The second-order valence-electron chi connectivity index (χ2n) is 6.54. The first-order valence-electron chi connectivity index (χ1n) is 8.25. The fraction of sp³-hybridized carbons (Fsp3) is 0.353. The Morgan fingerprint density at radius 2 is 2.00 bits per heavy atom. The highest BCUT2D eigenvalue weighted by atomic mass is 35.5. The molecule has 1 aliphatic rings. The van der Waals surface area contributed by atoms with Crippen LogP contribution in [0.4, 0.5) is 0 Å². The number of halogens is 1. The van der Waals surface area contributed by atoms with Gasteiger partial charge in [-0.15, -0.1) is 11.3 Å². The van der Waals surface area contributed by atoms with Gasteiger partial charge in [-0.3, -0.25) is 0 Å². The zero-order valence-electron chi connectivity index (χ0n) is 13.9. The van der Waals surface area contributed by atoms with Gasteiger partial charge in [0.1, 0.15) is 9.36 Å².